The third kappa shape index (κ3) is 3.21. The lowest BCUT2D eigenvalue weighted by atomic mass is 10.2. The van der Waals surface area contributed by atoms with Gasteiger partial charge in [0.1, 0.15) is 0 Å². The zero-order valence-electron chi connectivity index (χ0n) is 11.2. The summed E-state index contributed by atoms with van der Waals surface area (Å²) in [6, 6.07) is 2.38. The second kappa shape index (κ2) is 5.25. The third-order valence-corrected chi connectivity index (χ3v) is 4.53. The van der Waals surface area contributed by atoms with Gasteiger partial charge >= 0.3 is 0 Å². The van der Waals surface area contributed by atoms with Crippen molar-refractivity contribution >= 4 is 0 Å². The highest BCUT2D eigenvalue weighted by Gasteiger charge is 2.34. The first-order valence-corrected chi connectivity index (χ1v) is 7.54. The lowest BCUT2D eigenvalue weighted by Crippen LogP contribution is -2.44. The average molecular weight is 237 g/mol. The minimum Gasteiger partial charge on any atom is -0.309 e. The first-order chi connectivity index (χ1) is 8.31. The SMILES string of the molecule is CC(CN1CCCC1)NC1CCN(C2CC2)C1. The molecule has 0 amide bonds. The molecule has 2 saturated heterocycles. The molecule has 3 nitrogen and oxygen atoms in total. The second-order valence-corrected chi connectivity index (χ2v) is 6.29. The quantitative estimate of drug-likeness (QED) is 0.777. The number of rotatable bonds is 5. The molecule has 98 valence electrons. The molecule has 0 bridgehead atoms. The molecule has 1 saturated carbocycles. The van der Waals surface area contributed by atoms with Gasteiger partial charge in [-0.05, 0) is 52.1 Å². The Morgan fingerprint density at radius 1 is 1.12 bits per heavy atom. The number of nitrogens with one attached hydrogen (secondary N) is 1. The van der Waals surface area contributed by atoms with Crippen molar-refractivity contribution < 1.29 is 0 Å². The molecule has 0 aromatic carbocycles. The van der Waals surface area contributed by atoms with Gasteiger partial charge in [0, 0.05) is 37.8 Å². The van der Waals surface area contributed by atoms with Crippen molar-refractivity contribution in [2.24, 2.45) is 0 Å². The van der Waals surface area contributed by atoms with Gasteiger partial charge in [-0.1, -0.05) is 0 Å². The highest BCUT2D eigenvalue weighted by molar-refractivity contribution is 4.92. The summed E-state index contributed by atoms with van der Waals surface area (Å²) < 4.78 is 0. The van der Waals surface area contributed by atoms with E-state index in [0.29, 0.717) is 6.04 Å². The Kier molecular flexibility index (Phi) is 3.69. The summed E-state index contributed by atoms with van der Waals surface area (Å²) in [5, 5.41) is 3.84. The predicted octanol–water partition coefficient (Wildman–Crippen LogP) is 1.30. The number of nitrogens with zero attached hydrogens (tertiary/aromatic N) is 2. The van der Waals surface area contributed by atoms with Crippen LogP contribution in [-0.2, 0) is 0 Å². The van der Waals surface area contributed by atoms with E-state index in [1.165, 1.54) is 64.8 Å². The zero-order chi connectivity index (χ0) is 11.7. The van der Waals surface area contributed by atoms with Crippen LogP contribution >= 0.6 is 0 Å². The minimum absolute atomic E-state index is 0.664. The Balaban J connectivity index is 1.37. The molecule has 3 aliphatic rings. The molecule has 2 aliphatic heterocycles. The molecule has 0 radical (unpaired) electrons. The van der Waals surface area contributed by atoms with E-state index in [4.69, 9.17) is 0 Å². The zero-order valence-corrected chi connectivity index (χ0v) is 11.2. The van der Waals surface area contributed by atoms with Gasteiger partial charge < -0.3 is 10.2 Å². The normalized spacial score (nSPS) is 33.4. The fraction of sp³-hybridized carbons (Fsp3) is 1.00. The molecule has 2 unspecified atom stereocenters. The first kappa shape index (κ1) is 11.9. The highest BCUT2D eigenvalue weighted by atomic mass is 15.2. The lowest BCUT2D eigenvalue weighted by Gasteiger charge is -2.24. The van der Waals surface area contributed by atoms with Gasteiger partial charge in [-0.3, -0.25) is 4.90 Å². The molecule has 0 aromatic heterocycles. The van der Waals surface area contributed by atoms with Crippen LogP contribution in [0, 0.1) is 0 Å². The number of likely N-dealkylation sites (tertiary alicyclic amines) is 2. The fourth-order valence-electron chi connectivity index (χ4n) is 3.50. The van der Waals surface area contributed by atoms with Crippen molar-refractivity contribution in [3.8, 4) is 0 Å². The Morgan fingerprint density at radius 2 is 1.88 bits per heavy atom. The van der Waals surface area contributed by atoms with E-state index in [9.17, 15) is 0 Å². The molecule has 0 spiro atoms. The monoisotopic (exact) mass is 237 g/mol. The molecular weight excluding hydrogens is 210 g/mol. The van der Waals surface area contributed by atoms with Crippen LogP contribution in [-0.4, -0.2) is 60.6 Å². The first-order valence-electron chi connectivity index (χ1n) is 7.54. The van der Waals surface area contributed by atoms with Gasteiger partial charge in [0.15, 0.2) is 0 Å². The summed E-state index contributed by atoms with van der Waals surface area (Å²) in [5.41, 5.74) is 0. The Morgan fingerprint density at radius 3 is 2.59 bits per heavy atom. The van der Waals surface area contributed by atoms with Crippen molar-refractivity contribution in [2.45, 2.75) is 57.2 Å². The fourth-order valence-corrected chi connectivity index (χ4v) is 3.50. The van der Waals surface area contributed by atoms with E-state index >= 15 is 0 Å². The van der Waals surface area contributed by atoms with Crippen LogP contribution in [0.5, 0.6) is 0 Å². The molecule has 1 aliphatic carbocycles. The number of hydrogen-bond donors (Lipinski definition) is 1. The summed E-state index contributed by atoms with van der Waals surface area (Å²) >= 11 is 0. The lowest BCUT2D eigenvalue weighted by molar-refractivity contribution is 0.276. The standard InChI is InChI=1S/C14H27N3/c1-12(10-16-7-2-3-8-16)15-13-6-9-17(11-13)14-4-5-14/h12-15H,2-11H2,1H3. The van der Waals surface area contributed by atoms with Gasteiger partial charge in [-0.25, -0.2) is 0 Å². The molecular formula is C14H27N3. The van der Waals surface area contributed by atoms with Crippen LogP contribution < -0.4 is 5.32 Å². The summed E-state index contributed by atoms with van der Waals surface area (Å²) in [6.07, 6.45) is 7.09. The van der Waals surface area contributed by atoms with Crippen molar-refractivity contribution in [2.75, 3.05) is 32.7 Å². The van der Waals surface area contributed by atoms with Gasteiger partial charge in [0.05, 0.1) is 0 Å². The minimum atomic E-state index is 0.664. The van der Waals surface area contributed by atoms with E-state index < -0.39 is 0 Å². The molecule has 2 heterocycles. The van der Waals surface area contributed by atoms with E-state index in [1.807, 2.05) is 0 Å². The van der Waals surface area contributed by atoms with Crippen LogP contribution in [0.1, 0.15) is 39.0 Å². The van der Waals surface area contributed by atoms with Gasteiger partial charge in [0.2, 0.25) is 0 Å². The van der Waals surface area contributed by atoms with Crippen LogP contribution in [0.25, 0.3) is 0 Å². The molecule has 0 aromatic rings. The predicted molar refractivity (Wildman–Crippen MR) is 71.3 cm³/mol. The Labute approximate surface area is 106 Å². The summed E-state index contributed by atoms with van der Waals surface area (Å²) in [4.78, 5) is 5.31. The molecule has 17 heavy (non-hydrogen) atoms. The van der Waals surface area contributed by atoms with Crippen molar-refractivity contribution in [3.05, 3.63) is 0 Å². The van der Waals surface area contributed by atoms with Crippen molar-refractivity contribution in [1.29, 1.82) is 0 Å². The third-order valence-electron chi connectivity index (χ3n) is 4.53. The molecule has 3 heteroatoms. The summed E-state index contributed by atoms with van der Waals surface area (Å²) in [5.74, 6) is 0. The smallest absolute Gasteiger partial charge is 0.0210 e. The largest absolute Gasteiger partial charge is 0.309 e. The molecule has 3 rings (SSSR count). The average Bonchev–Trinajstić information content (AvgIpc) is 2.84. The Bertz CT molecular complexity index is 246. The van der Waals surface area contributed by atoms with Gasteiger partial charge in [-0.15, -0.1) is 0 Å². The van der Waals surface area contributed by atoms with Gasteiger partial charge in [0.25, 0.3) is 0 Å². The van der Waals surface area contributed by atoms with E-state index in [1.54, 1.807) is 0 Å². The number of hydrogen-bond acceptors (Lipinski definition) is 3. The Hall–Kier alpha value is -0.120. The van der Waals surface area contributed by atoms with Crippen LogP contribution in [0.15, 0.2) is 0 Å². The van der Waals surface area contributed by atoms with E-state index in [-0.39, 0.29) is 0 Å². The molecule has 3 fully saturated rings. The van der Waals surface area contributed by atoms with Crippen molar-refractivity contribution in [1.82, 2.24) is 15.1 Å². The maximum atomic E-state index is 3.84. The molecule has 1 N–H and O–H groups in total. The second-order valence-electron chi connectivity index (χ2n) is 6.29. The topological polar surface area (TPSA) is 18.5 Å². The summed E-state index contributed by atoms with van der Waals surface area (Å²) in [6.45, 7) is 8.89. The summed E-state index contributed by atoms with van der Waals surface area (Å²) in [7, 11) is 0. The maximum absolute atomic E-state index is 3.84. The maximum Gasteiger partial charge on any atom is 0.0210 e. The molecule has 2 atom stereocenters. The van der Waals surface area contributed by atoms with E-state index in [2.05, 4.69) is 22.0 Å². The highest BCUT2D eigenvalue weighted by Crippen LogP contribution is 2.29. The van der Waals surface area contributed by atoms with Gasteiger partial charge in [-0.2, -0.15) is 0 Å². The van der Waals surface area contributed by atoms with E-state index in [0.717, 1.165) is 12.1 Å². The van der Waals surface area contributed by atoms with Crippen LogP contribution in [0.4, 0.5) is 0 Å². The van der Waals surface area contributed by atoms with Crippen LogP contribution in [0.3, 0.4) is 0 Å². The van der Waals surface area contributed by atoms with Crippen molar-refractivity contribution in [3.63, 3.8) is 0 Å². The van der Waals surface area contributed by atoms with Crippen LogP contribution in [0.2, 0.25) is 0 Å².